The fourth-order valence-electron chi connectivity index (χ4n) is 3.92. The Kier molecular flexibility index (Phi) is 5.72. The molecule has 0 aliphatic carbocycles. The van der Waals surface area contributed by atoms with Crippen LogP contribution in [0.1, 0.15) is 48.0 Å². The highest BCUT2D eigenvalue weighted by Gasteiger charge is 2.18. The van der Waals surface area contributed by atoms with Crippen LogP contribution in [-0.2, 0) is 16.0 Å². The van der Waals surface area contributed by atoms with Crippen molar-refractivity contribution < 1.29 is 14.3 Å². The molecule has 2 heterocycles. The minimum absolute atomic E-state index is 0.0276. The number of hydrogen-bond donors (Lipinski definition) is 2. The first-order chi connectivity index (χ1) is 13.7. The van der Waals surface area contributed by atoms with Gasteiger partial charge in [0.1, 0.15) is 0 Å². The molecule has 0 radical (unpaired) electrons. The summed E-state index contributed by atoms with van der Waals surface area (Å²) in [4.78, 5) is 24.0. The van der Waals surface area contributed by atoms with Gasteiger partial charge in [0.15, 0.2) is 0 Å². The van der Waals surface area contributed by atoms with Crippen LogP contribution in [0.3, 0.4) is 0 Å². The average Bonchev–Trinajstić information content (AvgIpc) is 3.35. The molecule has 2 aliphatic rings. The van der Waals surface area contributed by atoms with Gasteiger partial charge in [-0.15, -0.1) is 0 Å². The van der Waals surface area contributed by atoms with Gasteiger partial charge >= 0.3 is 0 Å². The van der Waals surface area contributed by atoms with E-state index in [1.165, 1.54) is 12.8 Å². The highest BCUT2D eigenvalue weighted by molar-refractivity contribution is 6.00. The summed E-state index contributed by atoms with van der Waals surface area (Å²) in [6, 6.07) is 13.6. The predicted molar refractivity (Wildman–Crippen MR) is 109 cm³/mol. The van der Waals surface area contributed by atoms with E-state index < -0.39 is 0 Å². The quantitative estimate of drug-likeness (QED) is 0.718. The first-order valence-corrected chi connectivity index (χ1v) is 10.1. The topological polar surface area (TPSA) is 67.4 Å². The molecule has 0 bridgehead atoms. The lowest BCUT2D eigenvalue weighted by Crippen LogP contribution is -2.24. The van der Waals surface area contributed by atoms with Gasteiger partial charge in [0, 0.05) is 24.4 Å². The molecule has 2 aromatic carbocycles. The predicted octanol–water partition coefficient (Wildman–Crippen LogP) is 3.93. The summed E-state index contributed by atoms with van der Waals surface area (Å²) in [6.07, 6.45) is 6.31. The number of fused-ring (bicyclic) bond motifs is 1. The van der Waals surface area contributed by atoms with E-state index in [9.17, 15) is 9.59 Å². The van der Waals surface area contributed by atoms with Gasteiger partial charge in [-0.1, -0.05) is 18.2 Å². The molecule has 0 unspecified atom stereocenters. The first-order valence-electron chi connectivity index (χ1n) is 10.1. The van der Waals surface area contributed by atoms with Crippen molar-refractivity contribution in [3.05, 3.63) is 53.6 Å². The van der Waals surface area contributed by atoms with Gasteiger partial charge in [-0.05, 0) is 73.1 Å². The minimum atomic E-state index is -0.0445. The van der Waals surface area contributed by atoms with Crippen LogP contribution in [0.5, 0.6) is 0 Å². The molecule has 2 amide bonds. The Morgan fingerprint density at radius 3 is 2.89 bits per heavy atom. The molecule has 0 aromatic heterocycles. The lowest BCUT2D eigenvalue weighted by Gasteiger charge is -2.10. The Hall–Kier alpha value is -2.66. The zero-order valence-electron chi connectivity index (χ0n) is 16.0. The fourth-order valence-corrected chi connectivity index (χ4v) is 3.92. The normalized spacial score (nSPS) is 18.0. The van der Waals surface area contributed by atoms with Crippen LogP contribution in [0.2, 0.25) is 0 Å². The van der Waals surface area contributed by atoms with Gasteiger partial charge in [-0.3, -0.25) is 9.59 Å². The smallest absolute Gasteiger partial charge is 0.251 e. The number of rotatable bonds is 7. The van der Waals surface area contributed by atoms with E-state index in [4.69, 9.17) is 4.74 Å². The third-order valence-electron chi connectivity index (χ3n) is 5.45. The monoisotopic (exact) mass is 378 g/mol. The number of anilines is 1. The van der Waals surface area contributed by atoms with E-state index in [0.29, 0.717) is 24.6 Å². The summed E-state index contributed by atoms with van der Waals surface area (Å²) in [6.45, 7) is 1.58. The van der Waals surface area contributed by atoms with Crippen molar-refractivity contribution in [1.82, 2.24) is 5.32 Å². The van der Waals surface area contributed by atoms with E-state index >= 15 is 0 Å². The largest absolute Gasteiger partial charge is 0.378 e. The van der Waals surface area contributed by atoms with E-state index in [2.05, 4.69) is 10.6 Å². The highest BCUT2D eigenvalue weighted by atomic mass is 16.5. The van der Waals surface area contributed by atoms with Crippen LogP contribution >= 0.6 is 0 Å². The van der Waals surface area contributed by atoms with E-state index in [1.54, 1.807) is 0 Å². The maximum atomic E-state index is 12.5. The summed E-state index contributed by atoms with van der Waals surface area (Å²) in [7, 11) is 0. The Balaban J connectivity index is 1.32. The molecular formula is C23H26N2O3. The van der Waals surface area contributed by atoms with Gasteiger partial charge in [0.2, 0.25) is 5.91 Å². The van der Waals surface area contributed by atoms with Crippen LogP contribution in [0.4, 0.5) is 5.69 Å². The molecule has 2 N–H and O–H groups in total. The van der Waals surface area contributed by atoms with Crippen molar-refractivity contribution in [2.45, 2.75) is 44.6 Å². The standard InChI is InChI=1S/C23H26N2O3/c26-22-15-19-14-17(9-10-21(19)25-22)16-5-3-6-18(13-16)23(27)24-11-2-1-7-20-8-4-12-28-20/h3,5-6,9-10,13-14,20H,1-2,4,7-8,11-12,15H2,(H,24,27)(H,25,26)/t20-/m1/s1. The van der Waals surface area contributed by atoms with Crippen molar-refractivity contribution in [1.29, 1.82) is 0 Å². The number of nitrogens with one attached hydrogen (secondary N) is 2. The molecule has 28 heavy (non-hydrogen) atoms. The maximum Gasteiger partial charge on any atom is 0.251 e. The lowest BCUT2D eigenvalue weighted by atomic mass is 10.00. The van der Waals surface area contributed by atoms with Crippen LogP contribution in [-0.4, -0.2) is 31.1 Å². The summed E-state index contributed by atoms with van der Waals surface area (Å²) in [5.41, 5.74) is 4.54. The molecule has 4 rings (SSSR count). The molecule has 1 fully saturated rings. The summed E-state index contributed by atoms with van der Waals surface area (Å²) in [5, 5.41) is 5.86. The van der Waals surface area contributed by atoms with E-state index in [-0.39, 0.29) is 11.8 Å². The first kappa shape index (κ1) is 18.7. The van der Waals surface area contributed by atoms with Crippen LogP contribution in [0.25, 0.3) is 11.1 Å². The van der Waals surface area contributed by atoms with Crippen molar-refractivity contribution in [3.8, 4) is 11.1 Å². The zero-order chi connectivity index (χ0) is 19.3. The Morgan fingerprint density at radius 1 is 1.14 bits per heavy atom. The maximum absolute atomic E-state index is 12.5. The third kappa shape index (κ3) is 4.42. The summed E-state index contributed by atoms with van der Waals surface area (Å²) >= 11 is 0. The molecule has 1 saturated heterocycles. The average molecular weight is 378 g/mol. The van der Waals surface area contributed by atoms with Crippen LogP contribution in [0.15, 0.2) is 42.5 Å². The fraction of sp³-hybridized carbons (Fsp3) is 0.391. The number of benzene rings is 2. The molecule has 0 saturated carbocycles. The number of carbonyl (C=O) groups excluding carboxylic acids is 2. The zero-order valence-corrected chi connectivity index (χ0v) is 16.0. The Bertz CT molecular complexity index is 872. The number of amides is 2. The number of hydrogen-bond acceptors (Lipinski definition) is 3. The van der Waals surface area contributed by atoms with E-state index in [1.807, 2.05) is 42.5 Å². The molecule has 1 atom stereocenters. The van der Waals surface area contributed by atoms with Crippen molar-refractivity contribution >= 4 is 17.5 Å². The summed E-state index contributed by atoms with van der Waals surface area (Å²) in [5.74, 6) is -0.0169. The molecule has 5 heteroatoms. The van der Waals surface area contributed by atoms with Gasteiger partial charge in [0.05, 0.1) is 12.5 Å². The summed E-state index contributed by atoms with van der Waals surface area (Å²) < 4.78 is 5.63. The Labute approximate surface area is 165 Å². The third-order valence-corrected chi connectivity index (χ3v) is 5.45. The molecular weight excluding hydrogens is 352 g/mol. The van der Waals surface area contributed by atoms with E-state index in [0.717, 1.165) is 48.2 Å². The Morgan fingerprint density at radius 2 is 2.04 bits per heavy atom. The lowest BCUT2D eigenvalue weighted by molar-refractivity contribution is -0.115. The molecule has 146 valence electrons. The van der Waals surface area contributed by atoms with Crippen LogP contribution in [0, 0.1) is 0 Å². The van der Waals surface area contributed by atoms with Crippen LogP contribution < -0.4 is 10.6 Å². The second-order valence-corrected chi connectivity index (χ2v) is 7.56. The van der Waals surface area contributed by atoms with Crippen molar-refractivity contribution in [2.75, 3.05) is 18.5 Å². The molecule has 2 aliphatic heterocycles. The SMILES string of the molecule is O=C1Cc2cc(-c3cccc(C(=O)NCCCC[C@@H]4CCCO4)c3)ccc2N1. The molecule has 5 nitrogen and oxygen atoms in total. The second-order valence-electron chi connectivity index (χ2n) is 7.56. The number of ether oxygens (including phenoxy) is 1. The highest BCUT2D eigenvalue weighted by Crippen LogP contribution is 2.29. The molecule has 2 aromatic rings. The number of unbranched alkanes of at least 4 members (excludes halogenated alkanes) is 1. The number of carbonyl (C=O) groups is 2. The molecule has 0 spiro atoms. The van der Waals surface area contributed by atoms with Gasteiger partial charge < -0.3 is 15.4 Å². The second kappa shape index (κ2) is 8.57. The van der Waals surface area contributed by atoms with Gasteiger partial charge in [0.25, 0.3) is 5.91 Å². The van der Waals surface area contributed by atoms with Crippen molar-refractivity contribution in [3.63, 3.8) is 0 Å². The van der Waals surface area contributed by atoms with Gasteiger partial charge in [-0.2, -0.15) is 0 Å². The van der Waals surface area contributed by atoms with Crippen molar-refractivity contribution in [2.24, 2.45) is 0 Å². The minimum Gasteiger partial charge on any atom is -0.378 e. The van der Waals surface area contributed by atoms with Gasteiger partial charge in [-0.25, -0.2) is 0 Å².